The molecule has 0 radical (unpaired) electrons. The lowest BCUT2D eigenvalue weighted by atomic mass is 10.3. The third-order valence-corrected chi connectivity index (χ3v) is 4.74. The van der Waals surface area contributed by atoms with Crippen molar-refractivity contribution in [3.05, 3.63) is 30.3 Å². The smallest absolute Gasteiger partial charge is 0.240 e. The van der Waals surface area contributed by atoms with Gasteiger partial charge in [0.15, 0.2) is 0 Å². The summed E-state index contributed by atoms with van der Waals surface area (Å²) < 4.78 is 26.3. The molecule has 0 bridgehead atoms. The highest BCUT2D eigenvalue weighted by Gasteiger charge is 2.23. The van der Waals surface area contributed by atoms with Crippen molar-refractivity contribution in [1.82, 2.24) is 9.62 Å². The van der Waals surface area contributed by atoms with Gasteiger partial charge in [0, 0.05) is 32.1 Å². The van der Waals surface area contributed by atoms with Gasteiger partial charge in [-0.25, -0.2) is 13.1 Å². The molecule has 8 heteroatoms. The molecule has 6 nitrogen and oxygen atoms in total. The van der Waals surface area contributed by atoms with Crippen LogP contribution in [0, 0.1) is 0 Å². The second-order valence-corrected chi connectivity index (χ2v) is 6.62. The van der Waals surface area contributed by atoms with E-state index in [1.807, 2.05) is 0 Å². The molecule has 0 unspecified atom stereocenters. The minimum Gasteiger partial charge on any atom is -0.341 e. The fraction of sp³-hybridized carbons (Fsp3) is 0.462. The maximum Gasteiger partial charge on any atom is 0.240 e. The van der Waals surface area contributed by atoms with Gasteiger partial charge >= 0.3 is 0 Å². The van der Waals surface area contributed by atoms with E-state index in [1.165, 1.54) is 12.1 Å². The van der Waals surface area contributed by atoms with Crippen molar-refractivity contribution in [3.8, 4) is 0 Å². The van der Waals surface area contributed by atoms with Gasteiger partial charge < -0.3 is 10.6 Å². The van der Waals surface area contributed by atoms with Crippen LogP contribution in [0.2, 0.25) is 0 Å². The first kappa shape index (κ1) is 17.9. The zero-order valence-corrected chi connectivity index (χ0v) is 13.2. The summed E-state index contributed by atoms with van der Waals surface area (Å²) in [5.41, 5.74) is 5.73. The molecule has 2 rings (SSSR count). The summed E-state index contributed by atoms with van der Waals surface area (Å²) in [6.07, 6.45) is 0.959. The normalized spacial score (nSPS) is 18.3. The van der Waals surface area contributed by atoms with Crippen LogP contribution in [-0.2, 0) is 14.8 Å². The molecule has 1 saturated heterocycles. The molecule has 1 aliphatic heterocycles. The number of likely N-dealkylation sites (tertiary alicyclic amines) is 1. The third-order valence-electron chi connectivity index (χ3n) is 3.26. The van der Waals surface area contributed by atoms with Crippen molar-refractivity contribution in [2.24, 2.45) is 5.73 Å². The number of nitrogens with zero attached hydrogens (tertiary/aromatic N) is 1. The summed E-state index contributed by atoms with van der Waals surface area (Å²) >= 11 is 0. The summed E-state index contributed by atoms with van der Waals surface area (Å²) in [6.45, 7) is 1.32. The Labute approximate surface area is 131 Å². The number of rotatable bonds is 5. The largest absolute Gasteiger partial charge is 0.341 e. The standard InChI is InChI=1S/C13H19N3O3S.ClH/c14-11-7-9-16(10-11)13(17)6-8-15-20(18,19)12-4-2-1-3-5-12;/h1-5,11,15H,6-10,14H2;1H/t11-;/m1./s1. The molecule has 0 saturated carbocycles. The zero-order chi connectivity index (χ0) is 14.6. The second kappa shape index (κ2) is 7.74. The average Bonchev–Trinajstić information content (AvgIpc) is 2.86. The number of nitrogens with one attached hydrogen (secondary N) is 1. The van der Waals surface area contributed by atoms with E-state index in [0.29, 0.717) is 13.1 Å². The van der Waals surface area contributed by atoms with E-state index in [9.17, 15) is 13.2 Å². The lowest BCUT2D eigenvalue weighted by Gasteiger charge is -2.15. The van der Waals surface area contributed by atoms with Crippen molar-refractivity contribution in [2.75, 3.05) is 19.6 Å². The van der Waals surface area contributed by atoms with E-state index in [4.69, 9.17) is 5.73 Å². The van der Waals surface area contributed by atoms with Crippen molar-refractivity contribution < 1.29 is 13.2 Å². The highest BCUT2D eigenvalue weighted by Crippen LogP contribution is 2.09. The minimum absolute atomic E-state index is 0. The lowest BCUT2D eigenvalue weighted by Crippen LogP contribution is -2.34. The first-order valence-electron chi connectivity index (χ1n) is 6.57. The summed E-state index contributed by atoms with van der Waals surface area (Å²) in [4.78, 5) is 13.7. The number of benzene rings is 1. The zero-order valence-electron chi connectivity index (χ0n) is 11.6. The Kier molecular flexibility index (Phi) is 6.60. The predicted octanol–water partition coefficient (Wildman–Crippen LogP) is 0.336. The van der Waals surface area contributed by atoms with E-state index in [0.717, 1.165) is 6.42 Å². The van der Waals surface area contributed by atoms with Crippen molar-refractivity contribution in [3.63, 3.8) is 0 Å². The van der Waals surface area contributed by atoms with Crippen LogP contribution in [0.5, 0.6) is 0 Å². The lowest BCUT2D eigenvalue weighted by molar-refractivity contribution is -0.129. The number of hydrogen-bond donors (Lipinski definition) is 2. The van der Waals surface area contributed by atoms with Crippen LogP contribution in [0.15, 0.2) is 35.2 Å². The number of nitrogens with two attached hydrogens (primary N) is 1. The molecule has 21 heavy (non-hydrogen) atoms. The average molecular weight is 334 g/mol. The molecule has 0 spiro atoms. The highest BCUT2D eigenvalue weighted by atomic mass is 35.5. The fourth-order valence-corrected chi connectivity index (χ4v) is 3.20. The predicted molar refractivity (Wildman–Crippen MR) is 82.7 cm³/mol. The minimum atomic E-state index is -3.54. The summed E-state index contributed by atoms with van der Waals surface area (Å²) in [5.74, 6) is -0.0614. The second-order valence-electron chi connectivity index (χ2n) is 4.85. The van der Waals surface area contributed by atoms with Crippen molar-refractivity contribution in [1.29, 1.82) is 0 Å². The number of carbonyl (C=O) groups is 1. The molecule has 0 aliphatic carbocycles. The number of halogens is 1. The first-order valence-corrected chi connectivity index (χ1v) is 8.05. The van der Waals surface area contributed by atoms with Crippen molar-refractivity contribution in [2.45, 2.75) is 23.8 Å². The molecular weight excluding hydrogens is 314 g/mol. The fourth-order valence-electron chi connectivity index (χ4n) is 2.15. The number of amides is 1. The van der Waals surface area contributed by atoms with E-state index in [1.54, 1.807) is 23.1 Å². The Hall–Kier alpha value is -1.15. The topological polar surface area (TPSA) is 92.5 Å². The van der Waals surface area contributed by atoms with E-state index in [-0.39, 0.29) is 42.2 Å². The van der Waals surface area contributed by atoms with E-state index < -0.39 is 10.0 Å². The van der Waals surface area contributed by atoms with Gasteiger partial charge in [0.25, 0.3) is 0 Å². The van der Waals surface area contributed by atoms with Crippen LogP contribution in [0.4, 0.5) is 0 Å². The Morgan fingerprint density at radius 3 is 2.57 bits per heavy atom. The molecule has 1 fully saturated rings. The quantitative estimate of drug-likeness (QED) is 0.812. The summed E-state index contributed by atoms with van der Waals surface area (Å²) in [7, 11) is -3.54. The van der Waals surface area contributed by atoms with Crippen LogP contribution in [0.25, 0.3) is 0 Å². The van der Waals surface area contributed by atoms with Gasteiger partial charge in [0.05, 0.1) is 4.90 Å². The summed E-state index contributed by atoms with van der Waals surface area (Å²) in [5, 5.41) is 0. The van der Waals surface area contributed by atoms with Crippen LogP contribution in [0.1, 0.15) is 12.8 Å². The maximum absolute atomic E-state index is 11.9. The number of sulfonamides is 1. The van der Waals surface area contributed by atoms with Gasteiger partial charge in [-0.05, 0) is 18.6 Å². The van der Waals surface area contributed by atoms with Crippen LogP contribution < -0.4 is 10.5 Å². The van der Waals surface area contributed by atoms with Gasteiger partial charge in [-0.1, -0.05) is 18.2 Å². The van der Waals surface area contributed by atoms with E-state index >= 15 is 0 Å². The molecule has 0 aromatic heterocycles. The van der Waals surface area contributed by atoms with Crippen LogP contribution >= 0.6 is 12.4 Å². The first-order chi connectivity index (χ1) is 9.49. The molecule has 1 heterocycles. The van der Waals surface area contributed by atoms with Crippen LogP contribution in [-0.4, -0.2) is 44.9 Å². The van der Waals surface area contributed by atoms with Gasteiger partial charge in [-0.15, -0.1) is 12.4 Å². The Bertz CT molecular complexity index is 565. The molecule has 1 amide bonds. The highest BCUT2D eigenvalue weighted by molar-refractivity contribution is 7.89. The molecule has 1 aromatic rings. The van der Waals surface area contributed by atoms with E-state index in [2.05, 4.69) is 4.72 Å². The molecular formula is C13H20ClN3O3S. The van der Waals surface area contributed by atoms with Gasteiger partial charge in [0.1, 0.15) is 0 Å². The molecule has 3 N–H and O–H groups in total. The Morgan fingerprint density at radius 1 is 1.33 bits per heavy atom. The Balaban J connectivity index is 0.00000220. The van der Waals surface area contributed by atoms with Crippen LogP contribution in [0.3, 0.4) is 0 Å². The van der Waals surface area contributed by atoms with Crippen molar-refractivity contribution >= 4 is 28.3 Å². The third kappa shape index (κ3) is 4.96. The number of hydrogen-bond acceptors (Lipinski definition) is 4. The van der Waals surface area contributed by atoms with Gasteiger partial charge in [-0.2, -0.15) is 0 Å². The molecule has 118 valence electrons. The molecule has 1 aliphatic rings. The molecule has 1 atom stereocenters. The monoisotopic (exact) mass is 333 g/mol. The maximum atomic E-state index is 11.9. The SMILES string of the molecule is Cl.N[C@@H]1CCN(C(=O)CCNS(=O)(=O)c2ccccc2)C1. The Morgan fingerprint density at radius 2 is 2.00 bits per heavy atom. The van der Waals surface area contributed by atoms with Gasteiger partial charge in [0.2, 0.25) is 15.9 Å². The van der Waals surface area contributed by atoms with Gasteiger partial charge in [-0.3, -0.25) is 4.79 Å². The molecule has 1 aromatic carbocycles. The summed E-state index contributed by atoms with van der Waals surface area (Å²) in [6, 6.07) is 8.14. The number of carbonyl (C=O) groups excluding carboxylic acids is 1.